The van der Waals surface area contributed by atoms with Gasteiger partial charge in [0.05, 0.1) is 6.54 Å². The van der Waals surface area contributed by atoms with Crippen LogP contribution < -0.4 is 5.73 Å². The van der Waals surface area contributed by atoms with Crippen molar-refractivity contribution >= 4 is 11.6 Å². The van der Waals surface area contributed by atoms with Crippen molar-refractivity contribution in [2.45, 2.75) is 20.4 Å². The summed E-state index contributed by atoms with van der Waals surface area (Å²) in [6.45, 7) is 4.14. The van der Waals surface area contributed by atoms with Gasteiger partial charge in [-0.1, -0.05) is 5.16 Å². The molecule has 2 rings (SSSR count). The van der Waals surface area contributed by atoms with Crippen molar-refractivity contribution in [3.63, 3.8) is 0 Å². The van der Waals surface area contributed by atoms with Gasteiger partial charge in [0.1, 0.15) is 11.5 Å². The second-order valence-electron chi connectivity index (χ2n) is 4.72. The summed E-state index contributed by atoms with van der Waals surface area (Å²) in [5, 5.41) is 3.87. The number of nitrogens with two attached hydrogens (primary N) is 1. The first-order chi connectivity index (χ1) is 8.95. The van der Waals surface area contributed by atoms with E-state index in [1.54, 1.807) is 18.0 Å². The third kappa shape index (κ3) is 3.13. The Morgan fingerprint density at radius 1 is 1.32 bits per heavy atom. The molecule has 0 saturated carbocycles. The fraction of sp³-hybridized carbons (Fsp3) is 0.286. The molecular formula is C14H17N3O2. The molecule has 2 aromatic rings. The molecule has 1 aromatic heterocycles. The first kappa shape index (κ1) is 13.1. The molecule has 5 nitrogen and oxygen atoms in total. The van der Waals surface area contributed by atoms with Crippen molar-refractivity contribution < 1.29 is 9.32 Å². The molecule has 0 saturated heterocycles. The van der Waals surface area contributed by atoms with Crippen LogP contribution in [0.3, 0.4) is 0 Å². The van der Waals surface area contributed by atoms with Crippen LogP contribution in [0.25, 0.3) is 0 Å². The first-order valence-corrected chi connectivity index (χ1v) is 6.00. The SMILES string of the molecule is Cc1cc(N)cc(C(=O)N(C)Cc2cc(C)on2)c1. The van der Waals surface area contributed by atoms with Crippen molar-refractivity contribution in [1.29, 1.82) is 0 Å². The minimum absolute atomic E-state index is 0.0870. The van der Waals surface area contributed by atoms with Gasteiger partial charge in [-0.15, -0.1) is 0 Å². The Kier molecular flexibility index (Phi) is 3.55. The molecule has 19 heavy (non-hydrogen) atoms. The molecule has 2 N–H and O–H groups in total. The fourth-order valence-corrected chi connectivity index (χ4v) is 1.96. The number of aromatic nitrogens is 1. The van der Waals surface area contributed by atoms with E-state index in [1.165, 1.54) is 0 Å². The summed E-state index contributed by atoms with van der Waals surface area (Å²) in [6.07, 6.45) is 0. The van der Waals surface area contributed by atoms with Gasteiger partial charge in [-0.2, -0.15) is 0 Å². The predicted octanol–water partition coefficient (Wildman–Crippen LogP) is 2.15. The summed E-state index contributed by atoms with van der Waals surface area (Å²) in [5.41, 5.74) is 8.63. The maximum Gasteiger partial charge on any atom is 0.254 e. The van der Waals surface area contributed by atoms with E-state index in [0.29, 0.717) is 17.8 Å². The Hall–Kier alpha value is -2.30. The molecule has 0 bridgehead atoms. The van der Waals surface area contributed by atoms with Crippen molar-refractivity contribution in [2.24, 2.45) is 0 Å². The molecule has 1 amide bonds. The van der Waals surface area contributed by atoms with Crippen LogP contribution >= 0.6 is 0 Å². The molecule has 100 valence electrons. The summed E-state index contributed by atoms with van der Waals surface area (Å²) < 4.78 is 4.98. The number of anilines is 1. The van der Waals surface area contributed by atoms with E-state index in [-0.39, 0.29) is 5.91 Å². The number of carbonyl (C=O) groups excluding carboxylic acids is 1. The zero-order chi connectivity index (χ0) is 14.0. The van der Waals surface area contributed by atoms with E-state index in [2.05, 4.69) is 5.16 Å². The van der Waals surface area contributed by atoms with Crippen LogP contribution in [0.2, 0.25) is 0 Å². The molecule has 0 unspecified atom stereocenters. The van der Waals surface area contributed by atoms with Crippen LogP contribution in [0.4, 0.5) is 5.69 Å². The van der Waals surface area contributed by atoms with Crippen LogP contribution in [-0.4, -0.2) is 23.0 Å². The van der Waals surface area contributed by atoms with Crippen LogP contribution in [-0.2, 0) is 6.54 Å². The van der Waals surface area contributed by atoms with Crippen LogP contribution in [0, 0.1) is 13.8 Å². The average molecular weight is 259 g/mol. The molecule has 1 heterocycles. The van der Waals surface area contributed by atoms with Gasteiger partial charge < -0.3 is 15.2 Å². The lowest BCUT2D eigenvalue weighted by atomic mass is 10.1. The Morgan fingerprint density at radius 2 is 2.05 bits per heavy atom. The highest BCUT2D eigenvalue weighted by atomic mass is 16.5. The predicted molar refractivity (Wildman–Crippen MR) is 72.6 cm³/mol. The number of carbonyl (C=O) groups is 1. The summed E-state index contributed by atoms with van der Waals surface area (Å²) in [6, 6.07) is 7.15. The smallest absolute Gasteiger partial charge is 0.254 e. The van der Waals surface area contributed by atoms with Crippen LogP contribution in [0.1, 0.15) is 27.4 Å². The van der Waals surface area contributed by atoms with Gasteiger partial charge in [0, 0.05) is 24.4 Å². The van der Waals surface area contributed by atoms with Crippen molar-refractivity contribution in [1.82, 2.24) is 10.1 Å². The summed E-state index contributed by atoms with van der Waals surface area (Å²) >= 11 is 0. The summed E-state index contributed by atoms with van der Waals surface area (Å²) in [5.74, 6) is 0.645. The highest BCUT2D eigenvalue weighted by Crippen LogP contribution is 2.14. The van der Waals surface area contributed by atoms with E-state index < -0.39 is 0 Å². The Bertz CT molecular complexity index is 584. The lowest BCUT2D eigenvalue weighted by Crippen LogP contribution is -2.26. The Balaban J connectivity index is 2.14. The molecule has 0 aliphatic carbocycles. The number of nitrogens with zero attached hydrogens (tertiary/aromatic N) is 2. The molecule has 0 aliphatic heterocycles. The first-order valence-electron chi connectivity index (χ1n) is 6.00. The maximum absolute atomic E-state index is 12.3. The van der Waals surface area contributed by atoms with Gasteiger partial charge in [0.25, 0.3) is 5.91 Å². The van der Waals surface area contributed by atoms with Gasteiger partial charge >= 0.3 is 0 Å². The van der Waals surface area contributed by atoms with Gasteiger partial charge in [-0.3, -0.25) is 4.79 Å². The van der Waals surface area contributed by atoms with E-state index in [4.69, 9.17) is 10.3 Å². The number of hydrogen-bond donors (Lipinski definition) is 1. The van der Waals surface area contributed by atoms with Crippen LogP contribution in [0.15, 0.2) is 28.8 Å². The van der Waals surface area contributed by atoms with Crippen molar-refractivity contribution in [3.05, 3.63) is 46.8 Å². The molecule has 0 fully saturated rings. The highest BCUT2D eigenvalue weighted by Gasteiger charge is 2.14. The largest absolute Gasteiger partial charge is 0.399 e. The zero-order valence-electron chi connectivity index (χ0n) is 11.3. The number of aryl methyl sites for hydroxylation is 2. The van der Waals surface area contributed by atoms with Gasteiger partial charge in [0.2, 0.25) is 0 Å². The van der Waals surface area contributed by atoms with Gasteiger partial charge in [-0.25, -0.2) is 0 Å². The number of rotatable bonds is 3. The molecule has 1 aromatic carbocycles. The van der Waals surface area contributed by atoms with E-state index in [1.807, 2.05) is 32.0 Å². The topological polar surface area (TPSA) is 72.4 Å². The number of benzene rings is 1. The van der Waals surface area contributed by atoms with Crippen molar-refractivity contribution in [3.8, 4) is 0 Å². The fourth-order valence-electron chi connectivity index (χ4n) is 1.96. The summed E-state index contributed by atoms with van der Waals surface area (Å²) in [7, 11) is 1.73. The monoisotopic (exact) mass is 259 g/mol. The van der Waals surface area contributed by atoms with Crippen LogP contribution in [0.5, 0.6) is 0 Å². The Labute approximate surface area is 112 Å². The number of amides is 1. The molecule has 0 radical (unpaired) electrons. The normalized spacial score (nSPS) is 10.5. The highest BCUT2D eigenvalue weighted by molar-refractivity contribution is 5.95. The minimum Gasteiger partial charge on any atom is -0.399 e. The molecular weight excluding hydrogens is 242 g/mol. The van der Waals surface area contributed by atoms with E-state index >= 15 is 0 Å². The Morgan fingerprint density at radius 3 is 2.63 bits per heavy atom. The quantitative estimate of drug-likeness (QED) is 0.857. The maximum atomic E-state index is 12.3. The summed E-state index contributed by atoms with van der Waals surface area (Å²) in [4.78, 5) is 13.9. The number of hydrogen-bond acceptors (Lipinski definition) is 4. The molecule has 0 atom stereocenters. The third-order valence-corrected chi connectivity index (χ3v) is 2.77. The van der Waals surface area contributed by atoms with E-state index in [0.717, 1.165) is 17.0 Å². The lowest BCUT2D eigenvalue weighted by Gasteiger charge is -2.16. The second kappa shape index (κ2) is 5.14. The van der Waals surface area contributed by atoms with Gasteiger partial charge in [-0.05, 0) is 37.6 Å². The number of nitrogen functional groups attached to an aromatic ring is 1. The molecule has 0 aliphatic rings. The standard InChI is InChI=1S/C14H17N3O2/c1-9-4-11(7-12(15)5-9)14(18)17(3)8-13-6-10(2)19-16-13/h4-7H,8,15H2,1-3H3. The zero-order valence-corrected chi connectivity index (χ0v) is 11.3. The van der Waals surface area contributed by atoms with Gasteiger partial charge in [0.15, 0.2) is 0 Å². The average Bonchev–Trinajstić information content (AvgIpc) is 2.72. The third-order valence-electron chi connectivity index (χ3n) is 2.77. The van der Waals surface area contributed by atoms with Crippen molar-refractivity contribution in [2.75, 3.05) is 12.8 Å². The van der Waals surface area contributed by atoms with E-state index in [9.17, 15) is 4.79 Å². The molecule has 5 heteroatoms. The molecule has 0 spiro atoms. The minimum atomic E-state index is -0.0870. The lowest BCUT2D eigenvalue weighted by molar-refractivity contribution is 0.0782. The second-order valence-corrected chi connectivity index (χ2v) is 4.72.